The zero-order chi connectivity index (χ0) is 19.0. The molecule has 0 saturated carbocycles. The van der Waals surface area contributed by atoms with Crippen molar-refractivity contribution in [1.82, 2.24) is 10.1 Å². The number of ether oxygens (including phenoxy) is 1. The predicted molar refractivity (Wildman–Crippen MR) is 102 cm³/mol. The molecule has 136 valence electrons. The minimum absolute atomic E-state index is 0.0129. The van der Waals surface area contributed by atoms with Crippen molar-refractivity contribution < 1.29 is 9.26 Å². The second-order valence-electron chi connectivity index (χ2n) is 7.26. The molecule has 1 heterocycles. The van der Waals surface area contributed by atoms with Crippen molar-refractivity contribution in [3.05, 3.63) is 53.1 Å². The third-order valence-electron chi connectivity index (χ3n) is 4.89. The molecular weight excluding hydrogens is 338 g/mol. The van der Waals surface area contributed by atoms with Gasteiger partial charge in [0.25, 0.3) is 5.89 Å². The minimum Gasteiger partial charge on any atom is -0.491 e. The van der Waals surface area contributed by atoms with E-state index in [0.29, 0.717) is 34.5 Å². The van der Waals surface area contributed by atoms with Crippen LogP contribution in [0.3, 0.4) is 0 Å². The van der Waals surface area contributed by atoms with Gasteiger partial charge in [0.1, 0.15) is 5.75 Å². The van der Waals surface area contributed by atoms with E-state index in [1.54, 1.807) is 12.1 Å². The summed E-state index contributed by atoms with van der Waals surface area (Å²) in [7, 11) is 0. The Morgan fingerprint density at radius 3 is 2.89 bits per heavy atom. The fraction of sp³-hybridized carbons (Fsp3) is 0.318. The normalized spacial score (nSPS) is 15.6. The van der Waals surface area contributed by atoms with Crippen LogP contribution < -0.4 is 4.74 Å². The summed E-state index contributed by atoms with van der Waals surface area (Å²) < 4.78 is 11.3. The fourth-order valence-corrected chi connectivity index (χ4v) is 3.65. The van der Waals surface area contributed by atoms with Crippen LogP contribution in [0.2, 0.25) is 0 Å². The molecule has 0 unspecified atom stereocenters. The molecule has 0 bridgehead atoms. The minimum atomic E-state index is 0.0129. The summed E-state index contributed by atoms with van der Waals surface area (Å²) in [4.78, 5) is 4.61. The van der Waals surface area contributed by atoms with Gasteiger partial charge in [-0.1, -0.05) is 30.3 Å². The number of benzene rings is 2. The molecule has 1 aliphatic carbocycles. The molecule has 3 aromatic rings. The van der Waals surface area contributed by atoms with E-state index in [0.717, 1.165) is 18.4 Å². The van der Waals surface area contributed by atoms with Crippen molar-refractivity contribution >= 4 is 0 Å². The van der Waals surface area contributed by atoms with E-state index in [1.807, 2.05) is 26.0 Å². The highest BCUT2D eigenvalue weighted by atomic mass is 16.5. The molecular formula is C22H21N3O2. The van der Waals surface area contributed by atoms with Crippen LogP contribution in [0.1, 0.15) is 49.8 Å². The predicted octanol–water partition coefficient (Wildman–Crippen LogP) is 5.11. The molecule has 5 heteroatoms. The summed E-state index contributed by atoms with van der Waals surface area (Å²) >= 11 is 0. The van der Waals surface area contributed by atoms with Crippen LogP contribution in [0.15, 0.2) is 40.9 Å². The van der Waals surface area contributed by atoms with Crippen molar-refractivity contribution in [2.24, 2.45) is 0 Å². The third kappa shape index (κ3) is 3.31. The highest BCUT2D eigenvalue weighted by molar-refractivity contribution is 5.67. The molecule has 0 amide bonds. The van der Waals surface area contributed by atoms with Gasteiger partial charge in [0.05, 0.1) is 17.7 Å². The third-order valence-corrected chi connectivity index (χ3v) is 4.89. The average Bonchev–Trinajstić information content (AvgIpc) is 3.28. The fourth-order valence-electron chi connectivity index (χ4n) is 3.65. The van der Waals surface area contributed by atoms with Crippen molar-refractivity contribution in [2.45, 2.75) is 45.6 Å². The number of nitriles is 1. The smallest absolute Gasteiger partial charge is 0.258 e. The summed E-state index contributed by atoms with van der Waals surface area (Å²) in [6.45, 7) is 6.14. The summed E-state index contributed by atoms with van der Waals surface area (Å²) in [5.41, 5.74) is 4.90. The Hall–Kier alpha value is -3.13. The molecule has 1 aliphatic rings. The maximum atomic E-state index is 9.31. The lowest BCUT2D eigenvalue weighted by molar-refractivity contribution is 0.242. The Labute approximate surface area is 158 Å². The van der Waals surface area contributed by atoms with Crippen molar-refractivity contribution in [1.29, 1.82) is 5.26 Å². The topological polar surface area (TPSA) is 71.9 Å². The quantitative estimate of drug-likeness (QED) is 0.647. The summed E-state index contributed by atoms with van der Waals surface area (Å²) in [5.74, 6) is 2.16. The molecule has 1 aromatic heterocycles. The Morgan fingerprint density at radius 1 is 1.26 bits per heavy atom. The van der Waals surface area contributed by atoms with E-state index in [9.17, 15) is 5.26 Å². The van der Waals surface area contributed by atoms with Crippen LogP contribution >= 0.6 is 0 Å². The van der Waals surface area contributed by atoms with Gasteiger partial charge < -0.3 is 9.26 Å². The Balaban J connectivity index is 1.73. The van der Waals surface area contributed by atoms with Gasteiger partial charge in [-0.15, -0.1) is 0 Å². The highest BCUT2D eigenvalue weighted by Gasteiger charge is 2.23. The SMILES string of the molecule is CC(C)Oc1cc(C#N)cc(-c2nc(-c3cccc4c3CC[C@H]4C)no2)c1. The summed E-state index contributed by atoms with van der Waals surface area (Å²) in [5, 5.41) is 13.5. The molecule has 27 heavy (non-hydrogen) atoms. The summed E-state index contributed by atoms with van der Waals surface area (Å²) in [6, 6.07) is 13.7. The van der Waals surface area contributed by atoms with E-state index in [2.05, 4.69) is 35.3 Å². The van der Waals surface area contributed by atoms with Crippen LogP contribution in [0.4, 0.5) is 0 Å². The van der Waals surface area contributed by atoms with Crippen molar-refractivity contribution in [3.63, 3.8) is 0 Å². The first-order valence-electron chi connectivity index (χ1n) is 9.23. The van der Waals surface area contributed by atoms with Crippen molar-refractivity contribution in [3.8, 4) is 34.7 Å². The standard InChI is InChI=1S/C22H21N3O2/c1-13(2)26-17-10-15(12-23)9-16(11-17)22-24-21(25-27-22)20-6-4-5-18-14(3)7-8-19(18)20/h4-6,9-11,13-14H,7-8H2,1-3H3/t14-/m1/s1. The molecule has 0 N–H and O–H groups in total. The number of rotatable bonds is 4. The number of aromatic nitrogens is 2. The zero-order valence-corrected chi connectivity index (χ0v) is 15.7. The lowest BCUT2D eigenvalue weighted by Crippen LogP contribution is -2.05. The van der Waals surface area contributed by atoms with Gasteiger partial charge in [-0.25, -0.2) is 0 Å². The Bertz CT molecular complexity index is 1030. The first-order valence-corrected chi connectivity index (χ1v) is 9.23. The number of fused-ring (bicyclic) bond motifs is 1. The van der Waals surface area contributed by atoms with Gasteiger partial charge in [0, 0.05) is 11.1 Å². The molecule has 0 spiro atoms. The van der Waals surface area contributed by atoms with E-state index in [-0.39, 0.29) is 6.10 Å². The molecule has 1 atom stereocenters. The van der Waals surface area contributed by atoms with Crippen molar-refractivity contribution in [2.75, 3.05) is 0 Å². The molecule has 5 nitrogen and oxygen atoms in total. The number of nitrogens with zero attached hydrogens (tertiary/aromatic N) is 3. The maximum Gasteiger partial charge on any atom is 0.258 e. The van der Waals surface area contributed by atoms with Crippen LogP contribution in [0.5, 0.6) is 5.75 Å². The Morgan fingerprint density at radius 2 is 2.11 bits per heavy atom. The number of hydrogen-bond donors (Lipinski definition) is 0. The second-order valence-corrected chi connectivity index (χ2v) is 7.26. The average molecular weight is 359 g/mol. The largest absolute Gasteiger partial charge is 0.491 e. The van der Waals surface area contributed by atoms with E-state index in [1.165, 1.54) is 11.1 Å². The van der Waals surface area contributed by atoms with E-state index < -0.39 is 0 Å². The first kappa shape index (κ1) is 17.3. The van der Waals surface area contributed by atoms with Crippen LogP contribution in [0.25, 0.3) is 22.8 Å². The van der Waals surface area contributed by atoms with E-state index >= 15 is 0 Å². The maximum absolute atomic E-state index is 9.31. The molecule has 2 aromatic carbocycles. The lowest BCUT2D eigenvalue weighted by Gasteiger charge is -2.10. The molecule has 0 aliphatic heterocycles. The van der Waals surface area contributed by atoms with Crippen LogP contribution in [-0.4, -0.2) is 16.2 Å². The lowest BCUT2D eigenvalue weighted by atomic mass is 9.99. The molecule has 4 rings (SSSR count). The van der Waals surface area contributed by atoms with E-state index in [4.69, 9.17) is 9.26 Å². The van der Waals surface area contributed by atoms with Gasteiger partial charge in [-0.3, -0.25) is 0 Å². The monoisotopic (exact) mass is 359 g/mol. The summed E-state index contributed by atoms with van der Waals surface area (Å²) in [6.07, 6.45) is 2.20. The van der Waals surface area contributed by atoms with Gasteiger partial charge >= 0.3 is 0 Å². The van der Waals surface area contributed by atoms with Crippen LogP contribution in [-0.2, 0) is 6.42 Å². The van der Waals surface area contributed by atoms with Gasteiger partial charge in [-0.2, -0.15) is 10.2 Å². The number of hydrogen-bond acceptors (Lipinski definition) is 5. The van der Waals surface area contributed by atoms with Gasteiger partial charge in [0.2, 0.25) is 5.82 Å². The molecule has 0 radical (unpaired) electrons. The highest BCUT2D eigenvalue weighted by Crippen LogP contribution is 2.38. The van der Waals surface area contributed by atoms with Gasteiger partial charge in [-0.05, 0) is 61.9 Å². The first-order chi connectivity index (χ1) is 13.0. The van der Waals surface area contributed by atoms with Crippen LogP contribution in [0, 0.1) is 11.3 Å². The zero-order valence-electron chi connectivity index (χ0n) is 15.7. The second kappa shape index (κ2) is 6.88. The Kier molecular flexibility index (Phi) is 4.41. The molecule has 0 fully saturated rings. The molecule has 0 saturated heterocycles. The van der Waals surface area contributed by atoms with Gasteiger partial charge in [0.15, 0.2) is 0 Å².